The number of thiophene rings is 1. The first-order valence-corrected chi connectivity index (χ1v) is 7.75. The molecule has 1 aromatic carbocycles. The van der Waals surface area contributed by atoms with Gasteiger partial charge in [-0.15, -0.1) is 11.3 Å². The maximum Gasteiger partial charge on any atom is 0.241 e. The minimum atomic E-state index is -0.215. The molecule has 0 fully saturated rings. The number of nitrogens with two attached hydrogens (primary N) is 1. The van der Waals surface area contributed by atoms with Gasteiger partial charge in [-0.25, -0.2) is 0 Å². The number of hydrogen-bond acceptors (Lipinski definition) is 4. The van der Waals surface area contributed by atoms with E-state index < -0.39 is 0 Å². The highest BCUT2D eigenvalue weighted by Crippen LogP contribution is 2.19. The summed E-state index contributed by atoms with van der Waals surface area (Å²) in [6.45, 7) is 4.63. The largest absolute Gasteiger partial charge is 0.399 e. The van der Waals surface area contributed by atoms with E-state index in [1.807, 2.05) is 49.4 Å². The number of nitrogens with zero attached hydrogens (tertiary/aromatic N) is 1. The Bertz CT molecular complexity index is 610. The Morgan fingerprint density at radius 3 is 2.86 bits per heavy atom. The summed E-state index contributed by atoms with van der Waals surface area (Å²) in [7, 11) is 1.95. The third-order valence-corrected chi connectivity index (χ3v) is 4.41. The molecule has 2 aromatic rings. The summed E-state index contributed by atoms with van der Waals surface area (Å²) in [5.74, 6) is -0.0252. The molecule has 0 saturated carbocycles. The Kier molecular flexibility index (Phi) is 4.98. The standard InChI is InChI=1S/C16H21N3OS/c1-11-6-7-13(17)9-15(11)18-16(20)12(2)19(3)10-14-5-4-8-21-14/h4-9,12H,10,17H2,1-3H3,(H,18,20). The predicted octanol–water partition coefficient (Wildman–Crippen LogP) is 3.10. The van der Waals surface area contributed by atoms with Gasteiger partial charge >= 0.3 is 0 Å². The van der Waals surface area contributed by atoms with E-state index in [4.69, 9.17) is 5.73 Å². The monoisotopic (exact) mass is 303 g/mol. The first-order valence-electron chi connectivity index (χ1n) is 6.87. The summed E-state index contributed by atoms with van der Waals surface area (Å²) in [4.78, 5) is 15.6. The van der Waals surface area contributed by atoms with Crippen LogP contribution in [0, 0.1) is 6.92 Å². The SMILES string of the molecule is Cc1ccc(N)cc1NC(=O)C(C)N(C)Cc1cccs1. The number of carbonyl (C=O) groups is 1. The molecule has 4 nitrogen and oxygen atoms in total. The van der Waals surface area contributed by atoms with Crippen LogP contribution in [0.4, 0.5) is 11.4 Å². The molecular formula is C16H21N3OS. The van der Waals surface area contributed by atoms with E-state index in [9.17, 15) is 4.79 Å². The van der Waals surface area contributed by atoms with Gasteiger partial charge in [-0.1, -0.05) is 12.1 Å². The van der Waals surface area contributed by atoms with Gasteiger partial charge in [0.05, 0.1) is 6.04 Å². The molecule has 0 aliphatic heterocycles. The van der Waals surface area contributed by atoms with Crippen molar-refractivity contribution in [3.63, 3.8) is 0 Å². The Balaban J connectivity index is 2.00. The topological polar surface area (TPSA) is 58.4 Å². The second-order valence-electron chi connectivity index (χ2n) is 5.23. The number of benzene rings is 1. The van der Waals surface area contributed by atoms with Crippen LogP contribution in [-0.4, -0.2) is 23.9 Å². The third kappa shape index (κ3) is 4.06. The summed E-state index contributed by atoms with van der Waals surface area (Å²) in [5, 5.41) is 5.00. The molecule has 0 bridgehead atoms. The fourth-order valence-electron chi connectivity index (χ4n) is 2.00. The number of likely N-dealkylation sites (N-methyl/N-ethyl adjacent to an activating group) is 1. The van der Waals surface area contributed by atoms with Crippen LogP contribution in [0.3, 0.4) is 0 Å². The average molecular weight is 303 g/mol. The number of nitrogens with one attached hydrogen (secondary N) is 1. The number of hydrogen-bond donors (Lipinski definition) is 2. The summed E-state index contributed by atoms with van der Waals surface area (Å²) >= 11 is 1.70. The zero-order valence-electron chi connectivity index (χ0n) is 12.6. The lowest BCUT2D eigenvalue weighted by Crippen LogP contribution is -2.39. The molecule has 1 unspecified atom stereocenters. The predicted molar refractivity (Wildman–Crippen MR) is 89.5 cm³/mol. The van der Waals surface area contributed by atoms with Gasteiger partial charge in [-0.2, -0.15) is 0 Å². The van der Waals surface area contributed by atoms with Gasteiger partial charge in [0.1, 0.15) is 0 Å². The molecule has 0 aliphatic carbocycles. The van der Waals surface area contributed by atoms with E-state index in [0.717, 1.165) is 17.8 Å². The molecule has 1 amide bonds. The van der Waals surface area contributed by atoms with Gasteiger partial charge in [0.15, 0.2) is 0 Å². The van der Waals surface area contributed by atoms with Gasteiger partial charge in [0.2, 0.25) is 5.91 Å². The lowest BCUT2D eigenvalue weighted by atomic mass is 10.1. The van der Waals surface area contributed by atoms with Crippen molar-refractivity contribution in [3.05, 3.63) is 46.2 Å². The molecule has 3 N–H and O–H groups in total. The van der Waals surface area contributed by atoms with Crippen LogP contribution < -0.4 is 11.1 Å². The quantitative estimate of drug-likeness (QED) is 0.835. The first kappa shape index (κ1) is 15.5. The number of aryl methyl sites for hydroxylation is 1. The molecule has 0 spiro atoms. The van der Waals surface area contributed by atoms with Crippen LogP contribution in [0.25, 0.3) is 0 Å². The number of nitrogen functional groups attached to an aromatic ring is 1. The molecule has 0 aliphatic rings. The maximum absolute atomic E-state index is 12.4. The molecule has 1 aromatic heterocycles. The molecule has 1 heterocycles. The molecular weight excluding hydrogens is 282 g/mol. The Morgan fingerprint density at radius 1 is 1.43 bits per heavy atom. The van der Waals surface area contributed by atoms with E-state index in [1.54, 1.807) is 17.4 Å². The molecule has 1 atom stereocenters. The van der Waals surface area contributed by atoms with Gasteiger partial charge in [-0.3, -0.25) is 9.69 Å². The number of anilines is 2. The minimum Gasteiger partial charge on any atom is -0.399 e. The van der Waals surface area contributed by atoms with Crippen molar-refractivity contribution in [1.82, 2.24) is 4.90 Å². The van der Waals surface area contributed by atoms with Gasteiger partial charge in [-0.05, 0) is 50.0 Å². The van der Waals surface area contributed by atoms with Crippen molar-refractivity contribution in [2.75, 3.05) is 18.1 Å². The maximum atomic E-state index is 12.4. The van der Waals surface area contributed by atoms with Crippen LogP contribution >= 0.6 is 11.3 Å². The summed E-state index contributed by atoms with van der Waals surface area (Å²) < 4.78 is 0. The number of carbonyl (C=O) groups excluding carboxylic acids is 1. The third-order valence-electron chi connectivity index (χ3n) is 3.55. The normalized spacial score (nSPS) is 12.4. The zero-order chi connectivity index (χ0) is 15.4. The molecule has 2 rings (SSSR count). The summed E-state index contributed by atoms with van der Waals surface area (Å²) in [5.41, 5.74) is 8.20. The summed E-state index contributed by atoms with van der Waals surface area (Å²) in [6.07, 6.45) is 0. The molecule has 0 radical (unpaired) electrons. The Labute approximate surface area is 129 Å². The lowest BCUT2D eigenvalue weighted by Gasteiger charge is -2.23. The number of rotatable bonds is 5. The number of amides is 1. The second kappa shape index (κ2) is 6.74. The van der Waals surface area contributed by atoms with Crippen LogP contribution in [0.2, 0.25) is 0 Å². The van der Waals surface area contributed by atoms with Crippen molar-refractivity contribution in [2.24, 2.45) is 0 Å². The van der Waals surface area contributed by atoms with Crippen LogP contribution in [0.1, 0.15) is 17.4 Å². The van der Waals surface area contributed by atoms with E-state index in [1.165, 1.54) is 4.88 Å². The Hall–Kier alpha value is -1.85. The van der Waals surface area contributed by atoms with E-state index in [2.05, 4.69) is 11.4 Å². The van der Waals surface area contributed by atoms with Gasteiger partial charge in [0.25, 0.3) is 0 Å². The summed E-state index contributed by atoms with van der Waals surface area (Å²) in [6, 6.07) is 9.41. The fraction of sp³-hybridized carbons (Fsp3) is 0.312. The minimum absolute atomic E-state index is 0.0252. The first-order chi connectivity index (χ1) is 9.97. The Morgan fingerprint density at radius 2 is 2.19 bits per heavy atom. The van der Waals surface area contributed by atoms with Crippen molar-refractivity contribution >= 4 is 28.6 Å². The van der Waals surface area contributed by atoms with Gasteiger partial charge in [0, 0.05) is 22.8 Å². The van der Waals surface area contributed by atoms with E-state index in [-0.39, 0.29) is 11.9 Å². The van der Waals surface area contributed by atoms with Crippen molar-refractivity contribution < 1.29 is 4.79 Å². The van der Waals surface area contributed by atoms with Crippen LogP contribution in [0.5, 0.6) is 0 Å². The molecule has 5 heteroatoms. The molecule has 21 heavy (non-hydrogen) atoms. The highest BCUT2D eigenvalue weighted by Gasteiger charge is 2.19. The average Bonchev–Trinajstić information content (AvgIpc) is 2.94. The lowest BCUT2D eigenvalue weighted by molar-refractivity contribution is -0.120. The van der Waals surface area contributed by atoms with Gasteiger partial charge < -0.3 is 11.1 Å². The van der Waals surface area contributed by atoms with Crippen molar-refractivity contribution in [1.29, 1.82) is 0 Å². The van der Waals surface area contributed by atoms with Crippen molar-refractivity contribution in [2.45, 2.75) is 26.4 Å². The van der Waals surface area contributed by atoms with E-state index in [0.29, 0.717) is 5.69 Å². The fourth-order valence-corrected chi connectivity index (χ4v) is 2.76. The van der Waals surface area contributed by atoms with E-state index >= 15 is 0 Å². The smallest absolute Gasteiger partial charge is 0.241 e. The molecule has 0 saturated heterocycles. The highest BCUT2D eigenvalue weighted by atomic mass is 32.1. The second-order valence-corrected chi connectivity index (χ2v) is 6.27. The molecule has 112 valence electrons. The van der Waals surface area contributed by atoms with Crippen LogP contribution in [-0.2, 0) is 11.3 Å². The highest BCUT2D eigenvalue weighted by molar-refractivity contribution is 7.09. The van der Waals surface area contributed by atoms with Crippen molar-refractivity contribution in [3.8, 4) is 0 Å². The van der Waals surface area contributed by atoms with Crippen LogP contribution in [0.15, 0.2) is 35.7 Å². The zero-order valence-corrected chi connectivity index (χ0v) is 13.4.